The SMILES string of the molecule is CC12N=C(CNc3ccc(C(=O)NCCCC(=O)N[C@@H](CC(=O)O)C(=O)NCC(=O)N[C@@H](CC(=O)O)C(=O)NCC(=O)O)cc3)C=NC1N=C(N)NC2=O. The summed E-state index contributed by atoms with van der Waals surface area (Å²) in [5.41, 5.74) is 5.81. The van der Waals surface area contributed by atoms with Gasteiger partial charge in [0.05, 0.1) is 31.6 Å². The highest BCUT2D eigenvalue weighted by Gasteiger charge is 2.46. The van der Waals surface area contributed by atoms with Crippen molar-refractivity contribution in [3.05, 3.63) is 29.8 Å². The van der Waals surface area contributed by atoms with Gasteiger partial charge in [0.1, 0.15) is 18.6 Å². The quantitative estimate of drug-likeness (QED) is 0.0564. The molecule has 23 nitrogen and oxygen atoms in total. The van der Waals surface area contributed by atoms with Crippen molar-refractivity contribution in [3.8, 4) is 0 Å². The van der Waals surface area contributed by atoms with E-state index in [0.717, 1.165) is 0 Å². The number of anilines is 1. The van der Waals surface area contributed by atoms with Gasteiger partial charge < -0.3 is 53.0 Å². The van der Waals surface area contributed by atoms with Gasteiger partial charge in [-0.15, -0.1) is 0 Å². The minimum Gasteiger partial charge on any atom is -0.481 e. The van der Waals surface area contributed by atoms with Crippen LogP contribution in [0.3, 0.4) is 0 Å². The lowest BCUT2D eigenvalue weighted by Gasteiger charge is -2.34. The first-order chi connectivity index (χ1) is 25.5. The fourth-order valence-electron chi connectivity index (χ4n) is 4.85. The molecule has 0 saturated heterocycles. The molecule has 23 heteroatoms. The van der Waals surface area contributed by atoms with E-state index in [1.807, 2.05) is 10.6 Å². The standard InChI is InChI=1S/C31H39N11O12/c1-31-28(40-30(32)41-29(31)54)37-12-17(42-31)11-34-16-6-4-15(5-7-16)25(51)33-8-2-3-20(43)38-18(9-22(45)46)26(52)35-13-21(44)39-19(10-23(47)48)27(53)36-14-24(49)50/h4-7,12,18-19,28,34H,2-3,8-11,13-14H2,1H3,(H,33,51)(H,35,52)(H,36,53)(H,38,43)(H,39,44)(H,45,46)(H,47,48)(H,49,50)(H3,32,40,41,54)/t18-,19-,28?,31?/m0/s1. The average molecular weight is 758 g/mol. The molecule has 12 N–H and O–H groups in total. The van der Waals surface area contributed by atoms with Crippen LogP contribution in [0.4, 0.5) is 5.69 Å². The number of hydrogen-bond acceptors (Lipinski definition) is 14. The third kappa shape index (κ3) is 12.7. The Hall–Kier alpha value is -6.94. The van der Waals surface area contributed by atoms with Crippen LogP contribution in [-0.2, 0) is 38.4 Å². The van der Waals surface area contributed by atoms with Gasteiger partial charge in [-0.1, -0.05) is 0 Å². The Bertz CT molecular complexity index is 1760. The molecule has 3 rings (SSSR count). The number of carboxylic acids is 3. The van der Waals surface area contributed by atoms with Crippen molar-refractivity contribution in [1.29, 1.82) is 0 Å². The van der Waals surface area contributed by atoms with Crippen LogP contribution in [-0.4, -0.2) is 137 Å². The molecule has 290 valence electrons. The minimum atomic E-state index is -1.68. The molecule has 0 aliphatic carbocycles. The molecule has 2 unspecified atom stereocenters. The number of carbonyl (C=O) groups excluding carboxylic acids is 6. The molecule has 0 aromatic heterocycles. The fraction of sp³-hybridized carbons (Fsp3) is 0.419. The molecule has 1 aromatic carbocycles. The predicted molar refractivity (Wildman–Crippen MR) is 186 cm³/mol. The number of nitrogens with two attached hydrogens (primary N) is 1. The molecular formula is C31H39N11O12. The molecule has 2 heterocycles. The van der Waals surface area contributed by atoms with Crippen molar-refractivity contribution in [3.63, 3.8) is 0 Å². The smallest absolute Gasteiger partial charge is 0.322 e. The van der Waals surface area contributed by atoms with Crippen LogP contribution in [0.25, 0.3) is 0 Å². The van der Waals surface area contributed by atoms with Crippen LogP contribution in [0.1, 0.15) is 43.0 Å². The van der Waals surface area contributed by atoms with E-state index >= 15 is 0 Å². The molecule has 6 amide bonds. The summed E-state index contributed by atoms with van der Waals surface area (Å²) in [6.07, 6.45) is -1.13. The van der Waals surface area contributed by atoms with Crippen LogP contribution < -0.4 is 43.0 Å². The number of carboxylic acid groups (broad SMARTS) is 3. The van der Waals surface area contributed by atoms with Crippen molar-refractivity contribution in [2.45, 2.75) is 56.4 Å². The lowest BCUT2D eigenvalue weighted by atomic mass is 9.95. The Morgan fingerprint density at radius 2 is 1.44 bits per heavy atom. The van der Waals surface area contributed by atoms with Crippen molar-refractivity contribution >= 4 is 76.9 Å². The molecule has 0 fully saturated rings. The molecule has 2 aliphatic rings. The summed E-state index contributed by atoms with van der Waals surface area (Å²) < 4.78 is 0. The van der Waals surface area contributed by atoms with Crippen molar-refractivity contribution in [2.24, 2.45) is 20.7 Å². The molecule has 0 bridgehead atoms. The molecule has 1 aromatic rings. The van der Waals surface area contributed by atoms with Crippen molar-refractivity contribution in [1.82, 2.24) is 31.9 Å². The molecule has 54 heavy (non-hydrogen) atoms. The van der Waals surface area contributed by atoms with Gasteiger partial charge in [-0.05, 0) is 37.6 Å². The van der Waals surface area contributed by atoms with Gasteiger partial charge in [0.2, 0.25) is 23.6 Å². The zero-order valence-electron chi connectivity index (χ0n) is 28.7. The number of fused-ring (bicyclic) bond motifs is 1. The average Bonchev–Trinajstić information content (AvgIpc) is 3.10. The van der Waals surface area contributed by atoms with Gasteiger partial charge in [0.15, 0.2) is 17.7 Å². The summed E-state index contributed by atoms with van der Waals surface area (Å²) in [5, 5.41) is 43.3. The number of guanidine groups is 1. The number of hydrogen-bond donors (Lipinski definition) is 11. The normalized spacial score (nSPS) is 18.2. The van der Waals surface area contributed by atoms with E-state index < -0.39 is 103 Å². The summed E-state index contributed by atoms with van der Waals surface area (Å²) in [6, 6.07) is 3.12. The third-order valence-corrected chi connectivity index (χ3v) is 7.59. The van der Waals surface area contributed by atoms with Crippen LogP contribution in [0.2, 0.25) is 0 Å². The van der Waals surface area contributed by atoms with Crippen LogP contribution in [0, 0.1) is 0 Å². The Morgan fingerprint density at radius 1 is 0.852 bits per heavy atom. The van der Waals surface area contributed by atoms with E-state index in [1.165, 1.54) is 6.21 Å². The zero-order chi connectivity index (χ0) is 40.0. The summed E-state index contributed by atoms with van der Waals surface area (Å²) in [7, 11) is 0. The number of rotatable bonds is 20. The van der Waals surface area contributed by atoms with E-state index in [0.29, 0.717) is 17.0 Å². The van der Waals surface area contributed by atoms with E-state index in [9.17, 15) is 48.3 Å². The second-order valence-corrected chi connectivity index (χ2v) is 11.9. The van der Waals surface area contributed by atoms with E-state index in [1.54, 1.807) is 31.2 Å². The monoisotopic (exact) mass is 757 g/mol. The van der Waals surface area contributed by atoms with E-state index in [4.69, 9.17) is 15.9 Å². The van der Waals surface area contributed by atoms with Gasteiger partial charge in [-0.2, -0.15) is 0 Å². The molecular weight excluding hydrogens is 718 g/mol. The number of aliphatic carboxylic acids is 3. The Morgan fingerprint density at radius 3 is 2.04 bits per heavy atom. The maximum atomic E-state index is 12.6. The van der Waals surface area contributed by atoms with Gasteiger partial charge >= 0.3 is 17.9 Å². The number of amides is 6. The lowest BCUT2D eigenvalue weighted by molar-refractivity contribution is -0.141. The minimum absolute atomic E-state index is 0.0281. The number of nitrogens with one attached hydrogen (secondary N) is 7. The van der Waals surface area contributed by atoms with Crippen LogP contribution >= 0.6 is 0 Å². The Kier molecular flexibility index (Phi) is 14.6. The summed E-state index contributed by atoms with van der Waals surface area (Å²) >= 11 is 0. The molecule has 0 saturated carbocycles. The Balaban J connectivity index is 1.41. The topological polar surface area (TPSA) is 362 Å². The number of benzene rings is 1. The maximum absolute atomic E-state index is 12.6. The summed E-state index contributed by atoms with van der Waals surface area (Å²) in [6.45, 7) is 0.189. The lowest BCUT2D eigenvalue weighted by Crippen LogP contribution is -2.59. The second kappa shape index (κ2) is 19.1. The first-order valence-corrected chi connectivity index (χ1v) is 16.1. The first kappa shape index (κ1) is 41.5. The number of nitrogens with zero attached hydrogens (tertiary/aromatic N) is 3. The highest BCUT2D eigenvalue weighted by Crippen LogP contribution is 2.25. The number of carbonyl (C=O) groups is 9. The van der Waals surface area contributed by atoms with E-state index in [-0.39, 0.29) is 31.9 Å². The maximum Gasteiger partial charge on any atom is 0.322 e. The summed E-state index contributed by atoms with van der Waals surface area (Å²) in [4.78, 5) is 120. The molecule has 4 atom stereocenters. The van der Waals surface area contributed by atoms with Gasteiger partial charge in [-0.3, -0.25) is 58.5 Å². The number of aliphatic imine (C=N–C) groups is 3. The second-order valence-electron chi connectivity index (χ2n) is 11.9. The highest BCUT2D eigenvalue weighted by atomic mass is 16.4. The van der Waals surface area contributed by atoms with Crippen molar-refractivity contribution < 1.29 is 58.5 Å². The molecule has 0 radical (unpaired) electrons. The van der Waals surface area contributed by atoms with Crippen molar-refractivity contribution in [2.75, 3.05) is 31.5 Å². The van der Waals surface area contributed by atoms with Gasteiger partial charge in [0, 0.05) is 30.4 Å². The largest absolute Gasteiger partial charge is 0.481 e. The fourth-order valence-corrected chi connectivity index (χ4v) is 4.85. The third-order valence-electron chi connectivity index (χ3n) is 7.59. The van der Waals surface area contributed by atoms with Gasteiger partial charge in [-0.25, -0.2) is 4.99 Å². The first-order valence-electron chi connectivity index (χ1n) is 16.1. The van der Waals surface area contributed by atoms with Crippen LogP contribution in [0.5, 0.6) is 0 Å². The highest BCUT2D eigenvalue weighted by molar-refractivity contribution is 6.33. The molecule has 0 spiro atoms. The van der Waals surface area contributed by atoms with Gasteiger partial charge in [0.25, 0.3) is 11.8 Å². The molecule has 2 aliphatic heterocycles. The zero-order valence-corrected chi connectivity index (χ0v) is 28.7. The predicted octanol–water partition coefficient (Wildman–Crippen LogP) is -4.10. The Labute approximate surface area is 305 Å². The van der Waals surface area contributed by atoms with Crippen LogP contribution in [0.15, 0.2) is 39.2 Å². The van der Waals surface area contributed by atoms with E-state index in [2.05, 4.69) is 41.6 Å². The summed E-state index contributed by atoms with van der Waals surface area (Å²) in [5.74, 6) is -9.23.